The van der Waals surface area contributed by atoms with Gasteiger partial charge in [-0.3, -0.25) is 0 Å². The Labute approximate surface area is 107 Å². The molecular formula is C10H21NO5S. The van der Waals surface area contributed by atoms with Crippen molar-refractivity contribution in [1.29, 1.82) is 0 Å². The number of ether oxygens (including phenoxy) is 2. The molecule has 0 aliphatic carbocycles. The summed E-state index contributed by atoms with van der Waals surface area (Å²) in [6.45, 7) is 5.09. The van der Waals surface area contributed by atoms with E-state index in [0.29, 0.717) is 0 Å². The first kappa shape index (κ1) is 18.4. The zero-order chi connectivity index (χ0) is 14.1. The summed E-state index contributed by atoms with van der Waals surface area (Å²) in [6.07, 6.45) is -0.751. The quantitative estimate of drug-likeness (QED) is 0.668. The van der Waals surface area contributed by atoms with Gasteiger partial charge in [-0.05, 0) is 20.8 Å². The van der Waals surface area contributed by atoms with Gasteiger partial charge in [0.05, 0.1) is 0 Å². The molecular weight excluding hydrogens is 246 g/mol. The summed E-state index contributed by atoms with van der Waals surface area (Å²) in [4.78, 5) is 21.6. The number of hydrogen-bond acceptors (Lipinski definition) is 5. The van der Waals surface area contributed by atoms with Crippen LogP contribution >= 0.6 is 12.6 Å². The smallest absolute Gasteiger partial charge is 0.408 e. The Kier molecular flexibility index (Phi) is 9.88. The molecule has 0 aromatic heterocycles. The molecule has 0 aromatic rings. The van der Waals surface area contributed by atoms with Crippen LogP contribution in [0.1, 0.15) is 20.8 Å². The van der Waals surface area contributed by atoms with Crippen LogP contribution in [0, 0.1) is 0 Å². The Morgan fingerprint density at radius 1 is 1.35 bits per heavy atom. The van der Waals surface area contributed by atoms with Crippen molar-refractivity contribution in [3.63, 3.8) is 0 Å². The molecule has 2 N–H and O–H groups in total. The standard InChI is InChI=1S/C8H15NO4S.C2H6O/c1-8(2,3)13-7(12)9-5(4-14)6(10)11;1-3-2/h5,14H,4H2,1-3H3,(H,9,12)(H,10,11);1-2H3. The number of carboxylic acid groups (broad SMARTS) is 1. The minimum atomic E-state index is -1.13. The molecule has 0 heterocycles. The average Bonchev–Trinajstić information content (AvgIpc) is 2.12. The van der Waals surface area contributed by atoms with Gasteiger partial charge in [-0.2, -0.15) is 12.6 Å². The molecule has 0 aromatic carbocycles. The molecule has 0 spiro atoms. The number of carbonyl (C=O) groups excluding carboxylic acids is 1. The molecule has 0 radical (unpaired) electrons. The summed E-state index contributed by atoms with van der Waals surface area (Å²) < 4.78 is 9.12. The lowest BCUT2D eigenvalue weighted by atomic mass is 10.2. The van der Waals surface area contributed by atoms with Gasteiger partial charge in [0.2, 0.25) is 0 Å². The number of hydrogen-bond donors (Lipinski definition) is 3. The number of amides is 1. The van der Waals surface area contributed by atoms with Crippen LogP contribution in [0.25, 0.3) is 0 Å². The van der Waals surface area contributed by atoms with Crippen LogP contribution in [0.4, 0.5) is 4.79 Å². The van der Waals surface area contributed by atoms with Crippen LogP contribution in [0.3, 0.4) is 0 Å². The van der Waals surface area contributed by atoms with Crippen LogP contribution < -0.4 is 5.32 Å². The van der Waals surface area contributed by atoms with Crippen molar-refractivity contribution in [1.82, 2.24) is 5.32 Å². The largest absolute Gasteiger partial charge is 0.480 e. The molecule has 0 saturated heterocycles. The second-order valence-electron chi connectivity index (χ2n) is 4.13. The van der Waals surface area contributed by atoms with Gasteiger partial charge in [0, 0.05) is 20.0 Å². The molecule has 6 nitrogen and oxygen atoms in total. The van der Waals surface area contributed by atoms with E-state index < -0.39 is 23.7 Å². The number of aliphatic carboxylic acids is 1. The molecule has 0 aliphatic heterocycles. The lowest BCUT2D eigenvalue weighted by Crippen LogP contribution is -2.44. The molecule has 1 atom stereocenters. The SMILES string of the molecule is CC(C)(C)OC(=O)NC(CS)C(=O)O.COC. The molecule has 0 aliphatic rings. The highest BCUT2D eigenvalue weighted by Gasteiger charge is 2.22. The van der Waals surface area contributed by atoms with E-state index >= 15 is 0 Å². The first-order valence-corrected chi connectivity index (χ1v) is 5.54. The Morgan fingerprint density at radius 2 is 1.76 bits per heavy atom. The maximum Gasteiger partial charge on any atom is 0.408 e. The number of methoxy groups -OCH3 is 1. The number of thiol groups is 1. The van der Waals surface area contributed by atoms with E-state index in [0.717, 1.165) is 0 Å². The summed E-state index contributed by atoms with van der Waals surface area (Å²) in [5, 5.41) is 10.8. The summed E-state index contributed by atoms with van der Waals surface area (Å²) in [5.74, 6) is -1.11. The monoisotopic (exact) mass is 267 g/mol. The highest BCUT2D eigenvalue weighted by Crippen LogP contribution is 2.06. The normalized spacial score (nSPS) is 11.9. The lowest BCUT2D eigenvalue weighted by molar-refractivity contribution is -0.138. The van der Waals surface area contributed by atoms with Gasteiger partial charge < -0.3 is 19.9 Å². The van der Waals surface area contributed by atoms with Gasteiger partial charge in [0.15, 0.2) is 0 Å². The highest BCUT2D eigenvalue weighted by atomic mass is 32.1. The molecule has 0 fully saturated rings. The van der Waals surface area contributed by atoms with E-state index in [1.165, 1.54) is 0 Å². The van der Waals surface area contributed by atoms with Crippen molar-refractivity contribution in [2.75, 3.05) is 20.0 Å². The summed E-state index contributed by atoms with van der Waals surface area (Å²) in [5.41, 5.74) is -0.635. The Morgan fingerprint density at radius 3 is 2.00 bits per heavy atom. The predicted molar refractivity (Wildman–Crippen MR) is 67.6 cm³/mol. The van der Waals surface area contributed by atoms with Crippen LogP contribution in [0.5, 0.6) is 0 Å². The third-order valence-corrected chi connectivity index (χ3v) is 1.54. The van der Waals surface area contributed by atoms with Crippen molar-refractivity contribution in [2.45, 2.75) is 32.4 Å². The molecule has 0 bridgehead atoms. The fourth-order valence-electron chi connectivity index (χ4n) is 0.635. The second-order valence-corrected chi connectivity index (χ2v) is 4.49. The molecule has 7 heteroatoms. The first-order chi connectivity index (χ1) is 7.67. The van der Waals surface area contributed by atoms with Gasteiger partial charge in [-0.1, -0.05) is 0 Å². The first-order valence-electron chi connectivity index (χ1n) is 4.91. The van der Waals surface area contributed by atoms with E-state index in [2.05, 4.69) is 22.7 Å². The lowest BCUT2D eigenvalue weighted by Gasteiger charge is -2.21. The Bertz CT molecular complexity index is 239. The van der Waals surface area contributed by atoms with Gasteiger partial charge in [0.25, 0.3) is 0 Å². The third kappa shape index (κ3) is 13.0. The summed E-state index contributed by atoms with van der Waals surface area (Å²) in [7, 11) is 3.25. The van der Waals surface area contributed by atoms with Crippen LogP contribution in [0.2, 0.25) is 0 Å². The minimum absolute atomic E-state index is 0.0224. The zero-order valence-corrected chi connectivity index (χ0v) is 11.7. The van der Waals surface area contributed by atoms with Crippen molar-refractivity contribution >= 4 is 24.7 Å². The summed E-state index contributed by atoms with van der Waals surface area (Å²) in [6, 6.07) is -1.02. The Balaban J connectivity index is 0. The number of carboxylic acids is 1. The van der Waals surface area contributed by atoms with E-state index in [-0.39, 0.29) is 5.75 Å². The van der Waals surface area contributed by atoms with E-state index in [1.54, 1.807) is 35.0 Å². The molecule has 17 heavy (non-hydrogen) atoms. The fraction of sp³-hybridized carbons (Fsp3) is 0.800. The van der Waals surface area contributed by atoms with Crippen molar-refractivity contribution in [2.24, 2.45) is 0 Å². The van der Waals surface area contributed by atoms with E-state index in [9.17, 15) is 9.59 Å². The van der Waals surface area contributed by atoms with Crippen molar-refractivity contribution in [3.8, 4) is 0 Å². The topological polar surface area (TPSA) is 84.9 Å². The number of alkyl carbamates (subject to hydrolysis) is 1. The second kappa shape index (κ2) is 9.12. The number of carbonyl (C=O) groups is 2. The van der Waals surface area contributed by atoms with Crippen LogP contribution in [0.15, 0.2) is 0 Å². The Hall–Kier alpha value is -0.950. The van der Waals surface area contributed by atoms with Gasteiger partial charge in [0.1, 0.15) is 11.6 Å². The summed E-state index contributed by atoms with van der Waals surface area (Å²) >= 11 is 3.79. The molecule has 1 unspecified atom stereocenters. The molecule has 0 saturated carbocycles. The zero-order valence-electron chi connectivity index (χ0n) is 10.8. The number of rotatable bonds is 3. The van der Waals surface area contributed by atoms with Gasteiger partial charge in [-0.25, -0.2) is 9.59 Å². The van der Waals surface area contributed by atoms with E-state index in [1.807, 2.05) is 0 Å². The third-order valence-electron chi connectivity index (χ3n) is 1.17. The molecule has 0 rings (SSSR count). The van der Waals surface area contributed by atoms with Crippen molar-refractivity contribution < 1.29 is 24.2 Å². The maximum absolute atomic E-state index is 11.1. The van der Waals surface area contributed by atoms with Crippen molar-refractivity contribution in [3.05, 3.63) is 0 Å². The molecule has 102 valence electrons. The van der Waals surface area contributed by atoms with Crippen LogP contribution in [-0.2, 0) is 14.3 Å². The maximum atomic E-state index is 11.1. The minimum Gasteiger partial charge on any atom is -0.480 e. The van der Waals surface area contributed by atoms with Crippen LogP contribution in [-0.4, -0.2) is 48.8 Å². The number of nitrogens with one attached hydrogen (secondary N) is 1. The average molecular weight is 267 g/mol. The van der Waals surface area contributed by atoms with Gasteiger partial charge >= 0.3 is 12.1 Å². The fourth-order valence-corrected chi connectivity index (χ4v) is 0.883. The molecule has 1 amide bonds. The van der Waals surface area contributed by atoms with Gasteiger partial charge in [-0.15, -0.1) is 0 Å². The van der Waals surface area contributed by atoms with E-state index in [4.69, 9.17) is 9.84 Å². The predicted octanol–water partition coefficient (Wildman–Crippen LogP) is 1.16. The highest BCUT2D eigenvalue weighted by molar-refractivity contribution is 7.80.